The average molecular weight is 434 g/mol. The van der Waals surface area contributed by atoms with Crippen molar-refractivity contribution in [1.29, 1.82) is 0 Å². The quantitative estimate of drug-likeness (QED) is 0.669. The molecule has 3 aromatic rings. The lowest BCUT2D eigenvalue weighted by atomic mass is 10.0. The molecule has 1 fully saturated rings. The number of sulfonamides is 1. The molecule has 1 saturated heterocycles. The number of nitrogens with one attached hydrogen (secondary N) is 1. The van der Waals surface area contributed by atoms with E-state index in [1.807, 2.05) is 54.6 Å². The van der Waals surface area contributed by atoms with Gasteiger partial charge in [0.15, 0.2) is 0 Å². The molecule has 1 aromatic heterocycles. The molecule has 1 unspecified atom stereocenters. The molecule has 2 heterocycles. The average Bonchev–Trinajstić information content (AvgIpc) is 2.74. The van der Waals surface area contributed by atoms with Gasteiger partial charge < -0.3 is 10.1 Å². The van der Waals surface area contributed by atoms with Crippen LogP contribution in [0.2, 0.25) is 0 Å². The molecule has 0 bridgehead atoms. The van der Waals surface area contributed by atoms with E-state index in [1.165, 1.54) is 0 Å². The number of pyridine rings is 1. The second-order valence-electron chi connectivity index (χ2n) is 6.82. The Balaban J connectivity index is 0.00000240. The SMILES string of the molecule is COc1ccccc1C1CNCCN1S(=O)(=O)Cc1cccc2cccnc12.Cl. The lowest BCUT2D eigenvalue weighted by molar-refractivity contribution is 0.264. The van der Waals surface area contributed by atoms with Crippen LogP contribution in [0.4, 0.5) is 0 Å². The monoisotopic (exact) mass is 433 g/mol. The van der Waals surface area contributed by atoms with Gasteiger partial charge in [-0.3, -0.25) is 4.98 Å². The van der Waals surface area contributed by atoms with Crippen molar-refractivity contribution in [2.45, 2.75) is 11.8 Å². The molecule has 0 spiro atoms. The largest absolute Gasteiger partial charge is 0.496 e. The van der Waals surface area contributed by atoms with Crippen LogP contribution in [0.1, 0.15) is 17.2 Å². The van der Waals surface area contributed by atoms with Crippen molar-refractivity contribution >= 4 is 33.3 Å². The van der Waals surface area contributed by atoms with E-state index in [1.54, 1.807) is 17.6 Å². The summed E-state index contributed by atoms with van der Waals surface area (Å²) < 4.78 is 33.9. The summed E-state index contributed by atoms with van der Waals surface area (Å²) in [6, 6.07) is 16.7. The van der Waals surface area contributed by atoms with Crippen LogP contribution in [-0.2, 0) is 15.8 Å². The highest BCUT2D eigenvalue weighted by molar-refractivity contribution is 7.88. The predicted molar refractivity (Wildman–Crippen MR) is 117 cm³/mol. The second-order valence-corrected chi connectivity index (χ2v) is 8.74. The first-order valence-corrected chi connectivity index (χ1v) is 10.9. The number of nitrogens with zero attached hydrogens (tertiary/aromatic N) is 2. The smallest absolute Gasteiger partial charge is 0.219 e. The van der Waals surface area contributed by atoms with Gasteiger partial charge in [-0.2, -0.15) is 4.31 Å². The van der Waals surface area contributed by atoms with Gasteiger partial charge in [-0.25, -0.2) is 8.42 Å². The molecule has 0 radical (unpaired) electrons. The number of hydrogen-bond acceptors (Lipinski definition) is 5. The van der Waals surface area contributed by atoms with Gasteiger partial charge in [0.05, 0.1) is 24.4 Å². The number of fused-ring (bicyclic) bond motifs is 1. The Morgan fingerprint density at radius 1 is 1.14 bits per heavy atom. The third-order valence-electron chi connectivity index (χ3n) is 5.10. The van der Waals surface area contributed by atoms with Crippen LogP contribution in [0, 0.1) is 0 Å². The Morgan fingerprint density at radius 3 is 2.76 bits per heavy atom. The Hall–Kier alpha value is -2.19. The van der Waals surface area contributed by atoms with Crippen molar-refractivity contribution in [3.63, 3.8) is 0 Å². The Kier molecular flexibility index (Phi) is 6.74. The Morgan fingerprint density at radius 2 is 1.93 bits per heavy atom. The summed E-state index contributed by atoms with van der Waals surface area (Å²) in [6.07, 6.45) is 1.70. The number of ether oxygens (including phenoxy) is 1. The predicted octanol–water partition coefficient (Wildman–Crippen LogP) is 3.14. The molecule has 4 rings (SSSR count). The number of halogens is 1. The van der Waals surface area contributed by atoms with Crippen LogP contribution in [0.25, 0.3) is 10.9 Å². The van der Waals surface area contributed by atoms with Crippen LogP contribution in [-0.4, -0.2) is 44.5 Å². The van der Waals surface area contributed by atoms with Crippen LogP contribution in [0.3, 0.4) is 0 Å². The Labute approximate surface area is 177 Å². The fourth-order valence-electron chi connectivity index (χ4n) is 3.79. The first-order valence-electron chi connectivity index (χ1n) is 9.26. The third kappa shape index (κ3) is 4.38. The normalized spacial score (nSPS) is 17.6. The zero-order valence-electron chi connectivity index (χ0n) is 16.1. The summed E-state index contributed by atoms with van der Waals surface area (Å²) >= 11 is 0. The van der Waals surface area contributed by atoms with E-state index < -0.39 is 10.0 Å². The molecule has 2 aromatic carbocycles. The minimum Gasteiger partial charge on any atom is -0.496 e. The number of rotatable bonds is 5. The van der Waals surface area contributed by atoms with Gasteiger partial charge in [-0.05, 0) is 17.7 Å². The molecule has 8 heteroatoms. The van der Waals surface area contributed by atoms with Crippen LogP contribution >= 0.6 is 12.4 Å². The maximum absolute atomic E-state index is 13.4. The van der Waals surface area contributed by atoms with Crippen LogP contribution in [0.15, 0.2) is 60.8 Å². The molecule has 1 aliphatic heterocycles. The maximum atomic E-state index is 13.4. The van der Waals surface area contributed by atoms with E-state index >= 15 is 0 Å². The van der Waals surface area contributed by atoms with Gasteiger partial charge >= 0.3 is 0 Å². The fraction of sp³-hybridized carbons (Fsp3) is 0.286. The lowest BCUT2D eigenvalue weighted by Gasteiger charge is -2.36. The van der Waals surface area contributed by atoms with Gasteiger partial charge in [0.2, 0.25) is 10.0 Å². The zero-order chi connectivity index (χ0) is 19.6. The standard InChI is InChI=1S/C21H23N3O3S.ClH/c1-27-20-10-3-2-9-18(20)19-14-22-12-13-24(19)28(25,26)15-17-7-4-6-16-8-5-11-23-21(16)17;/h2-11,19,22H,12-15H2,1H3;1H. The summed E-state index contributed by atoms with van der Waals surface area (Å²) in [4.78, 5) is 4.40. The highest BCUT2D eigenvalue weighted by Gasteiger charge is 2.35. The van der Waals surface area contributed by atoms with Crippen molar-refractivity contribution in [3.8, 4) is 5.75 Å². The van der Waals surface area contributed by atoms with E-state index in [4.69, 9.17) is 4.74 Å². The zero-order valence-corrected chi connectivity index (χ0v) is 17.7. The van der Waals surface area contributed by atoms with E-state index in [9.17, 15) is 8.42 Å². The van der Waals surface area contributed by atoms with Crippen molar-refractivity contribution in [3.05, 3.63) is 71.9 Å². The number of benzene rings is 2. The van der Waals surface area contributed by atoms with Gasteiger partial charge in [0.1, 0.15) is 5.75 Å². The molecule has 154 valence electrons. The first-order chi connectivity index (χ1) is 13.6. The molecule has 29 heavy (non-hydrogen) atoms. The number of para-hydroxylation sites is 2. The van der Waals surface area contributed by atoms with Gasteiger partial charge in [-0.15, -0.1) is 12.4 Å². The molecule has 0 amide bonds. The highest BCUT2D eigenvalue weighted by atomic mass is 35.5. The first kappa shape index (κ1) is 21.5. The topological polar surface area (TPSA) is 71.5 Å². The molecule has 1 N–H and O–H groups in total. The molecular weight excluding hydrogens is 410 g/mol. The number of methoxy groups -OCH3 is 1. The maximum Gasteiger partial charge on any atom is 0.219 e. The molecule has 6 nitrogen and oxygen atoms in total. The van der Waals surface area contributed by atoms with Crippen LogP contribution in [0.5, 0.6) is 5.75 Å². The van der Waals surface area contributed by atoms with Gasteiger partial charge in [-0.1, -0.05) is 42.5 Å². The van der Waals surface area contributed by atoms with Crippen molar-refractivity contribution in [2.75, 3.05) is 26.7 Å². The molecule has 1 atom stereocenters. The van der Waals surface area contributed by atoms with Crippen molar-refractivity contribution < 1.29 is 13.2 Å². The molecular formula is C21H24ClN3O3S. The minimum atomic E-state index is -3.55. The third-order valence-corrected chi connectivity index (χ3v) is 6.93. The molecule has 1 aliphatic rings. The van der Waals surface area contributed by atoms with E-state index in [2.05, 4.69) is 10.3 Å². The highest BCUT2D eigenvalue weighted by Crippen LogP contribution is 2.33. The van der Waals surface area contributed by atoms with E-state index in [0.717, 1.165) is 22.0 Å². The number of aromatic nitrogens is 1. The fourth-order valence-corrected chi connectivity index (χ4v) is 5.53. The van der Waals surface area contributed by atoms with Gasteiger partial charge in [0, 0.05) is 36.8 Å². The Bertz CT molecular complexity index is 1090. The number of piperazine rings is 1. The number of hydrogen-bond donors (Lipinski definition) is 1. The molecule has 0 saturated carbocycles. The van der Waals surface area contributed by atoms with Crippen molar-refractivity contribution in [1.82, 2.24) is 14.6 Å². The van der Waals surface area contributed by atoms with Crippen LogP contribution < -0.4 is 10.1 Å². The molecule has 0 aliphatic carbocycles. The van der Waals surface area contributed by atoms with Crippen molar-refractivity contribution in [2.24, 2.45) is 0 Å². The minimum absolute atomic E-state index is 0. The lowest BCUT2D eigenvalue weighted by Crippen LogP contribution is -2.49. The summed E-state index contributed by atoms with van der Waals surface area (Å²) in [5, 5.41) is 4.25. The van der Waals surface area contributed by atoms with E-state index in [-0.39, 0.29) is 24.2 Å². The van der Waals surface area contributed by atoms with E-state index in [0.29, 0.717) is 25.4 Å². The van der Waals surface area contributed by atoms with Gasteiger partial charge in [0.25, 0.3) is 0 Å². The summed E-state index contributed by atoms with van der Waals surface area (Å²) in [6.45, 7) is 1.59. The summed E-state index contributed by atoms with van der Waals surface area (Å²) in [5.74, 6) is 0.621. The second kappa shape index (κ2) is 9.09. The summed E-state index contributed by atoms with van der Waals surface area (Å²) in [7, 11) is -1.95. The summed E-state index contributed by atoms with van der Waals surface area (Å²) in [5.41, 5.74) is 2.32.